The Balaban J connectivity index is 2.17. The SMILES string of the molecule is CC(C)(C)NCc1cc(Cl)cc(Cl)c1OCc1ccno1. The van der Waals surface area contributed by atoms with Crippen LogP contribution in [0.4, 0.5) is 0 Å². The average Bonchev–Trinajstić information content (AvgIpc) is 2.87. The molecule has 0 aliphatic carbocycles. The largest absolute Gasteiger partial charge is 0.484 e. The van der Waals surface area contributed by atoms with E-state index in [0.29, 0.717) is 28.1 Å². The molecule has 0 aliphatic heterocycles. The first-order valence-electron chi connectivity index (χ1n) is 6.60. The Kier molecular flexibility index (Phi) is 5.14. The van der Waals surface area contributed by atoms with Crippen LogP contribution in [0.2, 0.25) is 10.0 Å². The van der Waals surface area contributed by atoms with Gasteiger partial charge in [0, 0.05) is 28.7 Å². The maximum absolute atomic E-state index is 6.24. The van der Waals surface area contributed by atoms with Crippen molar-refractivity contribution in [1.29, 1.82) is 0 Å². The van der Waals surface area contributed by atoms with E-state index in [2.05, 4.69) is 31.2 Å². The molecule has 4 nitrogen and oxygen atoms in total. The molecule has 0 spiro atoms. The molecule has 0 bridgehead atoms. The van der Waals surface area contributed by atoms with E-state index in [0.717, 1.165) is 5.56 Å². The third-order valence-corrected chi connectivity index (χ3v) is 3.24. The Morgan fingerprint density at radius 1 is 1.29 bits per heavy atom. The van der Waals surface area contributed by atoms with Crippen LogP contribution in [0.1, 0.15) is 32.1 Å². The van der Waals surface area contributed by atoms with Crippen molar-refractivity contribution in [1.82, 2.24) is 10.5 Å². The van der Waals surface area contributed by atoms with E-state index in [9.17, 15) is 0 Å². The van der Waals surface area contributed by atoms with Gasteiger partial charge in [0.2, 0.25) is 0 Å². The topological polar surface area (TPSA) is 47.3 Å². The van der Waals surface area contributed by atoms with Crippen molar-refractivity contribution >= 4 is 23.2 Å². The van der Waals surface area contributed by atoms with Gasteiger partial charge in [0.15, 0.2) is 5.76 Å². The smallest absolute Gasteiger partial charge is 0.174 e. The first kappa shape index (κ1) is 16.1. The molecule has 0 radical (unpaired) electrons. The summed E-state index contributed by atoms with van der Waals surface area (Å²) in [6, 6.07) is 5.26. The van der Waals surface area contributed by atoms with Crippen molar-refractivity contribution in [3.8, 4) is 5.75 Å². The number of nitrogens with one attached hydrogen (secondary N) is 1. The molecule has 6 heteroatoms. The van der Waals surface area contributed by atoms with Crippen LogP contribution in [0.15, 0.2) is 28.9 Å². The number of hydrogen-bond donors (Lipinski definition) is 1. The van der Waals surface area contributed by atoms with Crippen molar-refractivity contribution in [2.45, 2.75) is 39.5 Å². The number of rotatable bonds is 5. The molecule has 1 N–H and O–H groups in total. The molecule has 0 fully saturated rings. The predicted octanol–water partition coefficient (Wildman–Crippen LogP) is 4.45. The first-order valence-corrected chi connectivity index (χ1v) is 7.36. The van der Waals surface area contributed by atoms with Crippen molar-refractivity contribution in [2.75, 3.05) is 0 Å². The molecule has 1 aromatic heterocycles. The van der Waals surface area contributed by atoms with E-state index in [1.165, 1.54) is 0 Å². The first-order chi connectivity index (χ1) is 9.85. The van der Waals surface area contributed by atoms with Gasteiger partial charge in [0.1, 0.15) is 12.4 Å². The van der Waals surface area contributed by atoms with Crippen LogP contribution in [0.3, 0.4) is 0 Å². The summed E-state index contributed by atoms with van der Waals surface area (Å²) < 4.78 is 10.8. The molecule has 114 valence electrons. The molecule has 1 heterocycles. The number of benzene rings is 1. The summed E-state index contributed by atoms with van der Waals surface area (Å²) in [5, 5.41) is 8.09. The summed E-state index contributed by atoms with van der Waals surface area (Å²) >= 11 is 12.3. The number of aromatic nitrogens is 1. The molecule has 0 saturated carbocycles. The van der Waals surface area contributed by atoms with Crippen molar-refractivity contribution in [2.24, 2.45) is 0 Å². The van der Waals surface area contributed by atoms with Gasteiger partial charge < -0.3 is 14.6 Å². The van der Waals surface area contributed by atoms with Crippen LogP contribution in [-0.4, -0.2) is 10.7 Å². The minimum absolute atomic E-state index is 0.0169. The zero-order chi connectivity index (χ0) is 15.5. The summed E-state index contributed by atoms with van der Waals surface area (Å²) in [5.74, 6) is 1.24. The Morgan fingerprint density at radius 3 is 2.67 bits per heavy atom. The maximum atomic E-state index is 6.24. The molecule has 2 aromatic rings. The minimum Gasteiger partial charge on any atom is -0.484 e. The normalized spacial score (nSPS) is 11.7. The number of halogens is 2. The van der Waals surface area contributed by atoms with E-state index >= 15 is 0 Å². The molecular formula is C15H18Cl2N2O2. The molecule has 1 aromatic carbocycles. The lowest BCUT2D eigenvalue weighted by molar-refractivity contribution is 0.246. The van der Waals surface area contributed by atoms with E-state index in [1.54, 1.807) is 18.3 Å². The molecule has 0 amide bonds. The van der Waals surface area contributed by atoms with Gasteiger partial charge in [-0.1, -0.05) is 28.4 Å². The van der Waals surface area contributed by atoms with Gasteiger partial charge in [0.25, 0.3) is 0 Å². The summed E-state index contributed by atoms with van der Waals surface area (Å²) in [6.45, 7) is 7.15. The fourth-order valence-corrected chi connectivity index (χ4v) is 2.32. The zero-order valence-electron chi connectivity index (χ0n) is 12.2. The summed E-state index contributed by atoms with van der Waals surface area (Å²) in [6.07, 6.45) is 1.57. The standard InChI is InChI=1S/C15H18Cl2N2O2/c1-15(2,3)18-8-10-6-11(16)7-13(17)14(10)20-9-12-4-5-19-21-12/h4-7,18H,8-9H2,1-3H3. The molecule has 0 unspecified atom stereocenters. The third kappa shape index (κ3) is 4.92. The maximum Gasteiger partial charge on any atom is 0.174 e. The Morgan fingerprint density at radius 2 is 2.05 bits per heavy atom. The summed E-state index contributed by atoms with van der Waals surface area (Å²) in [4.78, 5) is 0. The lowest BCUT2D eigenvalue weighted by Crippen LogP contribution is -2.35. The van der Waals surface area contributed by atoms with Gasteiger partial charge in [-0.15, -0.1) is 0 Å². The minimum atomic E-state index is -0.0169. The second-order valence-electron chi connectivity index (χ2n) is 5.75. The van der Waals surface area contributed by atoms with Gasteiger partial charge in [-0.05, 0) is 32.9 Å². The van der Waals surface area contributed by atoms with Gasteiger partial charge in [0.05, 0.1) is 11.2 Å². The van der Waals surface area contributed by atoms with Gasteiger partial charge in [-0.25, -0.2) is 0 Å². The van der Waals surface area contributed by atoms with Crippen LogP contribution in [0.5, 0.6) is 5.75 Å². The molecule has 2 rings (SSSR count). The predicted molar refractivity (Wildman–Crippen MR) is 83.9 cm³/mol. The second-order valence-corrected chi connectivity index (χ2v) is 6.59. The Hall–Kier alpha value is -1.23. The zero-order valence-corrected chi connectivity index (χ0v) is 13.8. The molecule has 0 aliphatic rings. The van der Waals surface area contributed by atoms with Crippen LogP contribution in [0, 0.1) is 0 Å². The highest BCUT2D eigenvalue weighted by atomic mass is 35.5. The molecular weight excluding hydrogens is 311 g/mol. The van der Waals surface area contributed by atoms with E-state index in [1.807, 2.05) is 6.07 Å². The van der Waals surface area contributed by atoms with Crippen LogP contribution in [0.25, 0.3) is 0 Å². The van der Waals surface area contributed by atoms with E-state index in [-0.39, 0.29) is 12.1 Å². The van der Waals surface area contributed by atoms with Crippen LogP contribution >= 0.6 is 23.2 Å². The summed E-state index contributed by atoms with van der Waals surface area (Å²) in [7, 11) is 0. The van der Waals surface area contributed by atoms with Gasteiger partial charge >= 0.3 is 0 Å². The molecule has 21 heavy (non-hydrogen) atoms. The summed E-state index contributed by atoms with van der Waals surface area (Å²) in [5.41, 5.74) is 0.888. The van der Waals surface area contributed by atoms with Crippen LogP contribution < -0.4 is 10.1 Å². The lowest BCUT2D eigenvalue weighted by Gasteiger charge is -2.22. The number of ether oxygens (including phenoxy) is 1. The lowest BCUT2D eigenvalue weighted by atomic mass is 10.1. The molecule has 0 atom stereocenters. The fraction of sp³-hybridized carbons (Fsp3) is 0.400. The van der Waals surface area contributed by atoms with Crippen molar-refractivity contribution in [3.63, 3.8) is 0 Å². The number of nitrogens with zero attached hydrogens (tertiary/aromatic N) is 1. The highest BCUT2D eigenvalue weighted by Crippen LogP contribution is 2.33. The number of hydrogen-bond acceptors (Lipinski definition) is 4. The van der Waals surface area contributed by atoms with Crippen LogP contribution in [-0.2, 0) is 13.2 Å². The van der Waals surface area contributed by atoms with Crippen molar-refractivity contribution in [3.05, 3.63) is 45.8 Å². The average molecular weight is 329 g/mol. The highest BCUT2D eigenvalue weighted by Gasteiger charge is 2.15. The van der Waals surface area contributed by atoms with E-state index in [4.69, 9.17) is 32.5 Å². The molecule has 0 saturated heterocycles. The highest BCUT2D eigenvalue weighted by molar-refractivity contribution is 6.35. The Labute approximate surface area is 134 Å². The fourth-order valence-electron chi connectivity index (χ4n) is 1.73. The quantitative estimate of drug-likeness (QED) is 0.880. The van der Waals surface area contributed by atoms with Gasteiger partial charge in [-0.3, -0.25) is 0 Å². The van der Waals surface area contributed by atoms with Crippen molar-refractivity contribution < 1.29 is 9.26 Å². The monoisotopic (exact) mass is 328 g/mol. The Bertz CT molecular complexity index is 592. The van der Waals surface area contributed by atoms with E-state index < -0.39 is 0 Å². The van der Waals surface area contributed by atoms with Gasteiger partial charge in [-0.2, -0.15) is 0 Å². The second kappa shape index (κ2) is 6.69. The third-order valence-electron chi connectivity index (χ3n) is 2.74.